The van der Waals surface area contributed by atoms with E-state index in [1.54, 1.807) is 0 Å². The summed E-state index contributed by atoms with van der Waals surface area (Å²) in [5.74, 6) is 3.72. The standard InChI is InChI=1S/C14H18O2/c1-2-14(15)16-8-9-5-12-10-3-4-11(7-10)13(12)6-9/h2-4,9-13H,1,5-8H2/t9?,10-,11+,12?,13?. The number of ether oxygens (including phenoxy) is 1. The zero-order chi connectivity index (χ0) is 11.1. The van der Waals surface area contributed by atoms with Crippen LogP contribution in [0.15, 0.2) is 24.8 Å². The largest absolute Gasteiger partial charge is 0.462 e. The Labute approximate surface area is 96.4 Å². The van der Waals surface area contributed by atoms with Gasteiger partial charge in [-0.1, -0.05) is 18.7 Å². The number of hydrogen-bond donors (Lipinski definition) is 0. The maximum Gasteiger partial charge on any atom is 0.330 e. The Hall–Kier alpha value is -1.05. The molecule has 2 nitrogen and oxygen atoms in total. The molecule has 0 aromatic rings. The predicted molar refractivity (Wildman–Crippen MR) is 61.6 cm³/mol. The van der Waals surface area contributed by atoms with E-state index < -0.39 is 0 Å². The number of esters is 1. The van der Waals surface area contributed by atoms with Crippen LogP contribution < -0.4 is 0 Å². The molecule has 0 amide bonds. The summed E-state index contributed by atoms with van der Waals surface area (Å²) in [5, 5.41) is 0. The summed E-state index contributed by atoms with van der Waals surface area (Å²) in [6, 6.07) is 0. The van der Waals surface area contributed by atoms with Crippen molar-refractivity contribution in [2.45, 2.75) is 19.3 Å². The summed E-state index contributed by atoms with van der Waals surface area (Å²) in [7, 11) is 0. The minimum atomic E-state index is -0.279. The molecule has 3 unspecified atom stereocenters. The lowest BCUT2D eigenvalue weighted by Crippen LogP contribution is -2.12. The number of carbonyl (C=O) groups excluding carboxylic acids is 1. The van der Waals surface area contributed by atoms with Crippen molar-refractivity contribution >= 4 is 5.97 Å². The summed E-state index contributed by atoms with van der Waals surface area (Å²) in [5.41, 5.74) is 0. The average Bonchev–Trinajstić information content (AvgIpc) is 2.96. The van der Waals surface area contributed by atoms with E-state index in [0.29, 0.717) is 12.5 Å². The summed E-state index contributed by atoms with van der Waals surface area (Å²) in [4.78, 5) is 11.0. The summed E-state index contributed by atoms with van der Waals surface area (Å²) >= 11 is 0. The van der Waals surface area contributed by atoms with Gasteiger partial charge >= 0.3 is 5.97 Å². The molecular formula is C14H18O2. The van der Waals surface area contributed by atoms with Crippen molar-refractivity contribution in [3.8, 4) is 0 Å². The van der Waals surface area contributed by atoms with E-state index in [0.717, 1.165) is 23.7 Å². The van der Waals surface area contributed by atoms with Crippen molar-refractivity contribution in [1.82, 2.24) is 0 Å². The molecular weight excluding hydrogens is 200 g/mol. The molecule has 0 aliphatic heterocycles. The molecule has 2 saturated carbocycles. The van der Waals surface area contributed by atoms with Gasteiger partial charge < -0.3 is 4.74 Å². The van der Waals surface area contributed by atoms with Gasteiger partial charge in [0.1, 0.15) is 0 Å². The third kappa shape index (κ3) is 1.51. The summed E-state index contributed by atoms with van der Waals surface area (Å²) in [6.45, 7) is 4.01. The second-order valence-electron chi connectivity index (χ2n) is 5.45. The lowest BCUT2D eigenvalue weighted by atomic mass is 9.86. The number of rotatable bonds is 3. The van der Waals surface area contributed by atoms with Gasteiger partial charge in [0.15, 0.2) is 0 Å². The normalized spacial score (nSPS) is 43.4. The Balaban J connectivity index is 1.55. The van der Waals surface area contributed by atoms with Crippen LogP contribution in [-0.2, 0) is 9.53 Å². The smallest absolute Gasteiger partial charge is 0.330 e. The van der Waals surface area contributed by atoms with E-state index in [4.69, 9.17) is 4.74 Å². The molecule has 0 saturated heterocycles. The molecule has 2 heteroatoms. The fourth-order valence-electron chi connectivity index (χ4n) is 3.99. The molecule has 86 valence electrons. The maximum absolute atomic E-state index is 11.0. The molecule has 0 aromatic heterocycles. The topological polar surface area (TPSA) is 26.3 Å². The minimum absolute atomic E-state index is 0.279. The van der Waals surface area contributed by atoms with Gasteiger partial charge in [0, 0.05) is 6.08 Å². The van der Waals surface area contributed by atoms with Gasteiger partial charge in [-0.05, 0) is 48.9 Å². The van der Waals surface area contributed by atoms with Crippen LogP contribution in [0.25, 0.3) is 0 Å². The van der Waals surface area contributed by atoms with Gasteiger partial charge in [-0.25, -0.2) is 4.79 Å². The van der Waals surface area contributed by atoms with E-state index in [1.165, 1.54) is 25.3 Å². The van der Waals surface area contributed by atoms with E-state index in [-0.39, 0.29) is 5.97 Å². The fourth-order valence-corrected chi connectivity index (χ4v) is 3.99. The molecule has 0 aromatic carbocycles. The lowest BCUT2D eigenvalue weighted by molar-refractivity contribution is -0.139. The number of carbonyl (C=O) groups is 1. The van der Waals surface area contributed by atoms with Crippen LogP contribution in [0.4, 0.5) is 0 Å². The number of hydrogen-bond acceptors (Lipinski definition) is 2. The first-order chi connectivity index (χ1) is 7.78. The van der Waals surface area contributed by atoms with Gasteiger partial charge in [-0.3, -0.25) is 0 Å². The quantitative estimate of drug-likeness (QED) is 0.413. The van der Waals surface area contributed by atoms with Gasteiger partial charge in [-0.15, -0.1) is 0 Å². The Morgan fingerprint density at radius 3 is 2.44 bits per heavy atom. The molecule has 5 atom stereocenters. The van der Waals surface area contributed by atoms with E-state index in [1.807, 2.05) is 0 Å². The van der Waals surface area contributed by atoms with E-state index in [2.05, 4.69) is 18.7 Å². The maximum atomic E-state index is 11.0. The van der Waals surface area contributed by atoms with Crippen molar-refractivity contribution in [1.29, 1.82) is 0 Å². The van der Waals surface area contributed by atoms with Crippen molar-refractivity contribution in [3.05, 3.63) is 24.8 Å². The lowest BCUT2D eigenvalue weighted by Gasteiger charge is -2.19. The molecule has 3 aliphatic carbocycles. The molecule has 16 heavy (non-hydrogen) atoms. The van der Waals surface area contributed by atoms with Crippen molar-refractivity contribution in [2.24, 2.45) is 29.6 Å². The van der Waals surface area contributed by atoms with Crippen molar-refractivity contribution in [3.63, 3.8) is 0 Å². The van der Waals surface area contributed by atoms with Crippen molar-refractivity contribution in [2.75, 3.05) is 6.61 Å². The highest BCUT2D eigenvalue weighted by atomic mass is 16.5. The van der Waals surface area contributed by atoms with Gasteiger partial charge in [0.05, 0.1) is 6.61 Å². The molecule has 0 spiro atoms. The zero-order valence-electron chi connectivity index (χ0n) is 9.47. The third-order valence-corrected chi connectivity index (χ3v) is 4.64. The monoisotopic (exact) mass is 218 g/mol. The highest BCUT2D eigenvalue weighted by Gasteiger charge is 2.49. The fraction of sp³-hybridized carbons (Fsp3) is 0.643. The number of allylic oxidation sites excluding steroid dienone is 2. The first-order valence-corrected chi connectivity index (χ1v) is 6.25. The molecule has 2 fully saturated rings. The van der Waals surface area contributed by atoms with Crippen molar-refractivity contribution < 1.29 is 9.53 Å². The highest BCUT2D eigenvalue weighted by molar-refractivity contribution is 5.81. The Morgan fingerprint density at radius 2 is 1.88 bits per heavy atom. The second kappa shape index (κ2) is 3.76. The van der Waals surface area contributed by atoms with Crippen LogP contribution in [0.3, 0.4) is 0 Å². The molecule has 3 aliphatic rings. The number of fused-ring (bicyclic) bond motifs is 5. The van der Waals surface area contributed by atoms with Gasteiger partial charge in [0.2, 0.25) is 0 Å². The summed E-state index contributed by atoms with van der Waals surface area (Å²) < 4.78 is 5.15. The highest BCUT2D eigenvalue weighted by Crippen LogP contribution is 2.56. The zero-order valence-corrected chi connectivity index (χ0v) is 9.47. The Bertz CT molecular complexity index is 325. The average molecular weight is 218 g/mol. The Kier molecular flexibility index (Phi) is 2.38. The summed E-state index contributed by atoms with van der Waals surface area (Å²) in [6.07, 6.45) is 9.95. The SMILES string of the molecule is C=CC(=O)OCC1CC2C(C1)[C@H]1C=C[C@@H]2C1. The van der Waals surface area contributed by atoms with Crippen LogP contribution in [0.2, 0.25) is 0 Å². The van der Waals surface area contributed by atoms with Gasteiger partial charge in [0.25, 0.3) is 0 Å². The molecule has 0 heterocycles. The van der Waals surface area contributed by atoms with Crippen LogP contribution in [0.5, 0.6) is 0 Å². The molecule has 0 N–H and O–H groups in total. The molecule has 2 bridgehead atoms. The van der Waals surface area contributed by atoms with Crippen LogP contribution in [0, 0.1) is 29.6 Å². The molecule has 0 radical (unpaired) electrons. The third-order valence-electron chi connectivity index (χ3n) is 4.64. The first kappa shape index (κ1) is 10.1. The molecule has 3 rings (SSSR count). The van der Waals surface area contributed by atoms with Gasteiger partial charge in [-0.2, -0.15) is 0 Å². The predicted octanol–water partition coefficient (Wildman–Crippen LogP) is 2.56. The van der Waals surface area contributed by atoms with Crippen LogP contribution in [0.1, 0.15) is 19.3 Å². The Morgan fingerprint density at radius 1 is 1.25 bits per heavy atom. The van der Waals surface area contributed by atoms with Crippen LogP contribution >= 0.6 is 0 Å². The van der Waals surface area contributed by atoms with E-state index >= 15 is 0 Å². The van der Waals surface area contributed by atoms with E-state index in [9.17, 15) is 4.79 Å². The first-order valence-electron chi connectivity index (χ1n) is 6.25. The minimum Gasteiger partial charge on any atom is -0.462 e. The van der Waals surface area contributed by atoms with Crippen LogP contribution in [-0.4, -0.2) is 12.6 Å². The second-order valence-corrected chi connectivity index (χ2v) is 5.45.